The van der Waals surface area contributed by atoms with Gasteiger partial charge in [-0.3, -0.25) is 9.48 Å². The molecular formula is C22H31N3O3. The van der Waals surface area contributed by atoms with Gasteiger partial charge in [0.1, 0.15) is 0 Å². The van der Waals surface area contributed by atoms with Crippen LogP contribution in [-0.4, -0.2) is 26.8 Å². The summed E-state index contributed by atoms with van der Waals surface area (Å²) in [6.07, 6.45) is 0.768. The zero-order valence-electron chi connectivity index (χ0n) is 17.7. The van der Waals surface area contributed by atoms with Gasteiger partial charge in [-0.05, 0) is 62.3 Å². The van der Waals surface area contributed by atoms with Crippen LogP contribution in [0.15, 0.2) is 18.2 Å². The van der Waals surface area contributed by atoms with E-state index in [0.29, 0.717) is 17.9 Å². The van der Waals surface area contributed by atoms with E-state index in [4.69, 9.17) is 0 Å². The lowest BCUT2D eigenvalue weighted by atomic mass is 9.97. The number of aliphatic carboxylic acids is 1. The first kappa shape index (κ1) is 21.7. The van der Waals surface area contributed by atoms with Crippen molar-refractivity contribution in [1.82, 2.24) is 15.1 Å². The first-order valence-electron chi connectivity index (χ1n) is 9.73. The van der Waals surface area contributed by atoms with Crippen LogP contribution >= 0.6 is 0 Å². The van der Waals surface area contributed by atoms with E-state index in [0.717, 1.165) is 34.6 Å². The maximum absolute atomic E-state index is 12.5. The zero-order valence-corrected chi connectivity index (χ0v) is 17.7. The average Bonchev–Trinajstić information content (AvgIpc) is 2.86. The summed E-state index contributed by atoms with van der Waals surface area (Å²) in [5.74, 6) is -0.842. The Balaban J connectivity index is 2.10. The van der Waals surface area contributed by atoms with Crippen molar-refractivity contribution in [3.63, 3.8) is 0 Å². The van der Waals surface area contributed by atoms with Gasteiger partial charge in [-0.1, -0.05) is 32.0 Å². The van der Waals surface area contributed by atoms with E-state index < -0.39 is 12.0 Å². The van der Waals surface area contributed by atoms with Crippen molar-refractivity contribution in [3.05, 3.63) is 51.8 Å². The van der Waals surface area contributed by atoms with Crippen molar-refractivity contribution in [2.24, 2.45) is 5.92 Å². The predicted octanol–water partition coefficient (Wildman–Crippen LogP) is 3.65. The molecule has 28 heavy (non-hydrogen) atoms. The average molecular weight is 386 g/mol. The van der Waals surface area contributed by atoms with E-state index >= 15 is 0 Å². The van der Waals surface area contributed by atoms with Gasteiger partial charge in [-0.25, -0.2) is 4.79 Å². The Kier molecular flexibility index (Phi) is 7.00. The van der Waals surface area contributed by atoms with Crippen molar-refractivity contribution >= 4 is 11.9 Å². The molecule has 0 aliphatic rings. The van der Waals surface area contributed by atoms with Gasteiger partial charge >= 0.3 is 5.97 Å². The summed E-state index contributed by atoms with van der Waals surface area (Å²) in [4.78, 5) is 24.3. The van der Waals surface area contributed by atoms with Crippen LogP contribution in [0, 0.1) is 33.6 Å². The first-order chi connectivity index (χ1) is 13.1. The smallest absolute Gasteiger partial charge is 0.330 e. The second-order valence-corrected chi connectivity index (χ2v) is 7.85. The van der Waals surface area contributed by atoms with Gasteiger partial charge in [-0.2, -0.15) is 5.10 Å². The lowest BCUT2D eigenvalue weighted by Gasteiger charge is -2.18. The molecule has 0 aliphatic heterocycles. The van der Waals surface area contributed by atoms with Crippen molar-refractivity contribution in [3.8, 4) is 0 Å². The van der Waals surface area contributed by atoms with Crippen LogP contribution in [0.2, 0.25) is 0 Å². The number of amides is 1. The largest absolute Gasteiger partial charge is 0.479 e. The van der Waals surface area contributed by atoms with E-state index in [1.54, 1.807) is 6.07 Å². The van der Waals surface area contributed by atoms with Crippen molar-refractivity contribution in [2.45, 2.75) is 67.0 Å². The fourth-order valence-electron chi connectivity index (χ4n) is 3.45. The number of carbonyl (C=O) groups is 2. The first-order valence-corrected chi connectivity index (χ1v) is 9.73. The number of rotatable bonds is 8. The van der Waals surface area contributed by atoms with Crippen molar-refractivity contribution < 1.29 is 14.7 Å². The number of carboxylic acids is 1. The second-order valence-electron chi connectivity index (χ2n) is 7.85. The normalized spacial score (nSPS) is 12.2. The maximum atomic E-state index is 12.5. The molecule has 1 unspecified atom stereocenters. The molecule has 6 heteroatoms. The number of aromatic nitrogens is 2. The molecule has 0 radical (unpaired) electrons. The third-order valence-corrected chi connectivity index (χ3v) is 5.18. The summed E-state index contributed by atoms with van der Waals surface area (Å²) in [7, 11) is 0. The molecule has 1 aromatic heterocycles. The standard InChI is InChI=1S/C22H31N3O3/c1-13(2)12-25-17(6)19(16(5)24-25)10-11-20(26)23-21(22(27)28)18-9-7-8-14(3)15(18)4/h7-9,13,21H,10-12H2,1-6H3,(H,23,26)(H,27,28). The SMILES string of the molecule is Cc1cccc(C(NC(=O)CCc2c(C)nn(CC(C)C)c2C)C(=O)O)c1C. The lowest BCUT2D eigenvalue weighted by Crippen LogP contribution is -2.34. The van der Waals surface area contributed by atoms with Gasteiger partial charge in [0.05, 0.1) is 5.69 Å². The molecule has 1 atom stereocenters. The minimum absolute atomic E-state index is 0.226. The van der Waals surface area contributed by atoms with E-state index in [1.807, 2.05) is 44.5 Å². The molecule has 1 aromatic carbocycles. The Labute approximate surface area is 167 Å². The highest BCUT2D eigenvalue weighted by atomic mass is 16.4. The molecule has 0 spiro atoms. The molecule has 0 bridgehead atoms. The lowest BCUT2D eigenvalue weighted by molar-refractivity contribution is -0.142. The molecule has 2 aromatic rings. The highest BCUT2D eigenvalue weighted by Gasteiger charge is 2.24. The van der Waals surface area contributed by atoms with Crippen molar-refractivity contribution in [2.75, 3.05) is 0 Å². The number of aryl methyl sites for hydroxylation is 2. The highest BCUT2D eigenvalue weighted by Crippen LogP contribution is 2.22. The minimum Gasteiger partial charge on any atom is -0.479 e. The topological polar surface area (TPSA) is 84.2 Å². The maximum Gasteiger partial charge on any atom is 0.330 e. The summed E-state index contributed by atoms with van der Waals surface area (Å²) >= 11 is 0. The molecule has 1 heterocycles. The summed E-state index contributed by atoms with van der Waals surface area (Å²) in [5.41, 5.74) is 5.57. The molecule has 0 saturated carbocycles. The van der Waals surface area contributed by atoms with Gasteiger partial charge in [0.15, 0.2) is 6.04 Å². The molecular weight excluding hydrogens is 354 g/mol. The molecule has 0 aliphatic carbocycles. The molecule has 0 fully saturated rings. The number of nitrogens with one attached hydrogen (secondary N) is 1. The van der Waals surface area contributed by atoms with E-state index in [-0.39, 0.29) is 12.3 Å². The van der Waals surface area contributed by atoms with Gasteiger partial charge in [0.2, 0.25) is 5.91 Å². The Bertz CT molecular complexity index is 868. The quantitative estimate of drug-likeness (QED) is 0.726. The van der Waals surface area contributed by atoms with Crippen LogP contribution in [0.1, 0.15) is 60.0 Å². The van der Waals surface area contributed by atoms with Crippen LogP contribution in [0.5, 0.6) is 0 Å². The molecule has 152 valence electrons. The van der Waals surface area contributed by atoms with E-state index in [2.05, 4.69) is 24.3 Å². The van der Waals surface area contributed by atoms with Gasteiger partial charge in [0, 0.05) is 18.7 Å². The highest BCUT2D eigenvalue weighted by molar-refractivity contribution is 5.85. The van der Waals surface area contributed by atoms with Gasteiger partial charge in [0.25, 0.3) is 0 Å². The number of nitrogens with zero attached hydrogens (tertiary/aromatic N) is 2. The summed E-state index contributed by atoms with van der Waals surface area (Å²) in [6.45, 7) is 12.9. The molecule has 0 saturated heterocycles. The molecule has 2 N–H and O–H groups in total. The van der Waals surface area contributed by atoms with Crippen molar-refractivity contribution in [1.29, 1.82) is 0 Å². The number of benzene rings is 1. The number of carbonyl (C=O) groups excluding carboxylic acids is 1. The van der Waals surface area contributed by atoms with Crippen LogP contribution in [0.4, 0.5) is 0 Å². The third-order valence-electron chi connectivity index (χ3n) is 5.18. The monoisotopic (exact) mass is 385 g/mol. The predicted molar refractivity (Wildman–Crippen MR) is 109 cm³/mol. The fourth-order valence-corrected chi connectivity index (χ4v) is 3.45. The Morgan fingerprint density at radius 3 is 2.46 bits per heavy atom. The van der Waals surface area contributed by atoms with Gasteiger partial charge < -0.3 is 10.4 Å². The molecule has 2 rings (SSSR count). The van der Waals surface area contributed by atoms with Crippen LogP contribution < -0.4 is 5.32 Å². The number of hydrogen-bond donors (Lipinski definition) is 2. The van der Waals surface area contributed by atoms with Crippen LogP contribution in [-0.2, 0) is 22.6 Å². The Morgan fingerprint density at radius 1 is 1.18 bits per heavy atom. The zero-order chi connectivity index (χ0) is 21.0. The number of carboxylic acid groups (broad SMARTS) is 1. The third kappa shape index (κ3) is 5.00. The number of hydrogen-bond acceptors (Lipinski definition) is 3. The molecule has 6 nitrogen and oxygen atoms in total. The summed E-state index contributed by atoms with van der Waals surface area (Å²) in [6, 6.07) is 4.46. The van der Waals surface area contributed by atoms with Crippen LogP contribution in [0.25, 0.3) is 0 Å². The van der Waals surface area contributed by atoms with E-state index in [1.165, 1.54) is 0 Å². The summed E-state index contributed by atoms with van der Waals surface area (Å²) in [5, 5.41) is 16.9. The van der Waals surface area contributed by atoms with Gasteiger partial charge in [-0.15, -0.1) is 0 Å². The Morgan fingerprint density at radius 2 is 1.86 bits per heavy atom. The van der Waals surface area contributed by atoms with Crippen LogP contribution in [0.3, 0.4) is 0 Å². The second kappa shape index (κ2) is 9.04. The van der Waals surface area contributed by atoms with E-state index in [9.17, 15) is 14.7 Å². The minimum atomic E-state index is -1.06. The fraction of sp³-hybridized carbons (Fsp3) is 0.500. The Hall–Kier alpha value is -2.63. The molecule has 1 amide bonds. The summed E-state index contributed by atoms with van der Waals surface area (Å²) < 4.78 is 1.99.